The van der Waals surface area contributed by atoms with Gasteiger partial charge in [0.2, 0.25) is 5.91 Å². The van der Waals surface area contributed by atoms with Gasteiger partial charge in [0, 0.05) is 43.4 Å². The maximum Gasteiger partial charge on any atom is 0.243 e. The van der Waals surface area contributed by atoms with E-state index >= 15 is 0 Å². The fourth-order valence-electron chi connectivity index (χ4n) is 5.88. The Morgan fingerprint density at radius 1 is 1.19 bits per heavy atom. The normalized spacial score (nSPS) is 36.7. The van der Waals surface area contributed by atoms with Crippen LogP contribution in [0.4, 0.5) is 0 Å². The fourth-order valence-corrected chi connectivity index (χ4v) is 8.02. The minimum absolute atomic E-state index is 0.0174. The van der Waals surface area contributed by atoms with Crippen molar-refractivity contribution in [3.8, 4) is 11.8 Å². The van der Waals surface area contributed by atoms with Crippen LogP contribution in [0.25, 0.3) is 0 Å². The number of rotatable bonds is 9. The molecule has 1 heterocycles. The molecule has 0 aromatic heterocycles. The van der Waals surface area contributed by atoms with Gasteiger partial charge in [-0.2, -0.15) is 0 Å². The van der Waals surface area contributed by atoms with Crippen LogP contribution in [-0.4, -0.2) is 94.2 Å². The first-order chi connectivity index (χ1) is 17.7. The van der Waals surface area contributed by atoms with Crippen molar-refractivity contribution in [2.24, 2.45) is 5.92 Å². The van der Waals surface area contributed by atoms with E-state index in [0.717, 1.165) is 25.7 Å². The van der Waals surface area contributed by atoms with Crippen molar-refractivity contribution >= 4 is 24.7 Å². The zero-order chi connectivity index (χ0) is 27.0. The van der Waals surface area contributed by atoms with Gasteiger partial charge >= 0.3 is 0 Å². The Labute approximate surface area is 227 Å². The van der Waals surface area contributed by atoms with E-state index in [2.05, 4.69) is 50.3 Å². The number of nitrogens with one attached hydrogen (secondary N) is 6. The van der Waals surface area contributed by atoms with Crippen LogP contribution in [-0.2, 0) is 14.1 Å². The van der Waals surface area contributed by atoms with E-state index in [-0.39, 0.29) is 59.5 Å². The van der Waals surface area contributed by atoms with E-state index in [1.165, 1.54) is 6.08 Å². The SMILES string of the molecule is C=CC(=O)NC1CC(NC2NCC(Cl)C(NC3CCCCC3P(C)(C)=O)N2)C(OC)CC1C#CCNC. The van der Waals surface area contributed by atoms with Crippen LogP contribution in [0.1, 0.15) is 38.5 Å². The third kappa shape index (κ3) is 8.78. The van der Waals surface area contributed by atoms with Gasteiger partial charge in [0.25, 0.3) is 0 Å². The van der Waals surface area contributed by atoms with E-state index in [1.807, 2.05) is 20.4 Å². The molecule has 0 aromatic rings. The van der Waals surface area contributed by atoms with E-state index in [4.69, 9.17) is 16.3 Å². The van der Waals surface area contributed by atoms with E-state index in [9.17, 15) is 9.36 Å². The van der Waals surface area contributed by atoms with Crippen LogP contribution in [0, 0.1) is 17.8 Å². The number of hydrogen-bond donors (Lipinski definition) is 6. The van der Waals surface area contributed by atoms with Gasteiger partial charge in [-0.05, 0) is 52.1 Å². The number of carbonyl (C=O) groups is 1. The highest BCUT2D eigenvalue weighted by atomic mass is 35.5. The summed E-state index contributed by atoms with van der Waals surface area (Å²) in [6.45, 7) is 8.62. The third-order valence-electron chi connectivity index (χ3n) is 7.82. The minimum Gasteiger partial charge on any atom is -0.380 e. The highest BCUT2D eigenvalue weighted by Gasteiger charge is 2.41. The minimum atomic E-state index is -2.22. The van der Waals surface area contributed by atoms with E-state index in [0.29, 0.717) is 25.9 Å². The topological polar surface area (TPSA) is 116 Å². The predicted molar refractivity (Wildman–Crippen MR) is 151 cm³/mol. The zero-order valence-electron chi connectivity index (χ0n) is 22.7. The van der Waals surface area contributed by atoms with Crippen LogP contribution >= 0.6 is 18.7 Å². The van der Waals surface area contributed by atoms with Crippen LogP contribution in [0.2, 0.25) is 0 Å². The molecule has 0 bridgehead atoms. The summed E-state index contributed by atoms with van der Waals surface area (Å²) in [5.74, 6) is 6.25. The number of halogens is 1. The number of hydrogen-bond acceptors (Lipinski definition) is 8. The molecule has 2 aliphatic carbocycles. The largest absolute Gasteiger partial charge is 0.380 e. The summed E-state index contributed by atoms with van der Waals surface area (Å²) in [5.41, 5.74) is 0.180. The molecule has 9 atom stereocenters. The third-order valence-corrected chi connectivity index (χ3v) is 10.4. The lowest BCUT2D eigenvalue weighted by Crippen LogP contribution is -2.72. The Kier molecular flexibility index (Phi) is 11.9. The zero-order valence-corrected chi connectivity index (χ0v) is 24.3. The van der Waals surface area contributed by atoms with Crippen molar-refractivity contribution in [2.75, 3.05) is 40.6 Å². The molecule has 210 valence electrons. The molecule has 2 saturated carbocycles. The molecule has 0 spiro atoms. The molecule has 0 aromatic carbocycles. The monoisotopic (exact) mass is 556 g/mol. The average Bonchev–Trinajstić information content (AvgIpc) is 2.87. The first-order valence-electron chi connectivity index (χ1n) is 13.4. The van der Waals surface area contributed by atoms with Gasteiger partial charge in [0.1, 0.15) is 6.29 Å². The summed E-state index contributed by atoms with van der Waals surface area (Å²) in [6.07, 6.45) is 6.55. The molecule has 0 radical (unpaired) electrons. The Morgan fingerprint density at radius 3 is 2.62 bits per heavy atom. The van der Waals surface area contributed by atoms with E-state index in [1.54, 1.807) is 7.11 Å². The maximum atomic E-state index is 13.0. The summed E-state index contributed by atoms with van der Waals surface area (Å²) in [5, 5.41) is 20.4. The summed E-state index contributed by atoms with van der Waals surface area (Å²) in [4.78, 5) is 12.2. The predicted octanol–water partition coefficient (Wildman–Crippen LogP) is 1.20. The van der Waals surface area contributed by atoms with Crippen molar-refractivity contribution in [3.05, 3.63) is 12.7 Å². The van der Waals surface area contributed by atoms with Crippen LogP contribution in [0.15, 0.2) is 12.7 Å². The smallest absolute Gasteiger partial charge is 0.243 e. The molecule has 3 fully saturated rings. The van der Waals surface area contributed by atoms with Crippen LogP contribution < -0.4 is 31.9 Å². The van der Waals surface area contributed by atoms with Gasteiger partial charge in [-0.25, -0.2) is 0 Å². The maximum absolute atomic E-state index is 13.0. The lowest BCUT2D eigenvalue weighted by Gasteiger charge is -2.45. The summed E-state index contributed by atoms with van der Waals surface area (Å²) < 4.78 is 18.8. The van der Waals surface area contributed by atoms with Gasteiger partial charge in [0.15, 0.2) is 0 Å². The number of amides is 1. The van der Waals surface area contributed by atoms with Crippen molar-refractivity contribution in [3.63, 3.8) is 0 Å². The van der Waals surface area contributed by atoms with Crippen molar-refractivity contribution < 1.29 is 14.1 Å². The van der Waals surface area contributed by atoms with Crippen molar-refractivity contribution in [2.45, 2.75) is 86.2 Å². The van der Waals surface area contributed by atoms with Gasteiger partial charge in [-0.3, -0.25) is 26.1 Å². The van der Waals surface area contributed by atoms with Gasteiger partial charge in [0.05, 0.1) is 31.3 Å². The molecular formula is C26H46ClN6O3P. The molecule has 1 saturated heterocycles. The van der Waals surface area contributed by atoms with Crippen molar-refractivity contribution in [1.29, 1.82) is 0 Å². The Morgan fingerprint density at radius 2 is 1.95 bits per heavy atom. The molecule has 6 N–H and O–H groups in total. The first kappa shape index (κ1) is 30.6. The standard InChI is InChI=1S/C26H46ClN6O3P/c1-6-24(34)30-20-15-21(22(36-3)14-17(20)10-9-13-28-2)32-26-29-16-18(27)25(33-26)31-19-11-7-8-12-23(19)37(4,5)35/h6,17-23,25-26,28-29,31-33H,1,7-8,11-16H2,2-5H3,(H,30,34). The fraction of sp³-hybridized carbons (Fsp3) is 0.808. The lowest BCUT2D eigenvalue weighted by atomic mass is 9.79. The average molecular weight is 557 g/mol. The van der Waals surface area contributed by atoms with Crippen LogP contribution in [0.5, 0.6) is 0 Å². The number of alkyl halides is 1. The first-order valence-corrected chi connectivity index (χ1v) is 16.6. The molecule has 3 aliphatic rings. The Hall–Kier alpha value is -0.950. The molecular weight excluding hydrogens is 511 g/mol. The molecule has 3 rings (SSSR count). The molecule has 9 unspecified atom stereocenters. The van der Waals surface area contributed by atoms with Crippen LogP contribution in [0.3, 0.4) is 0 Å². The molecule has 1 amide bonds. The van der Waals surface area contributed by atoms with Gasteiger partial charge in [-0.1, -0.05) is 31.3 Å². The second-order valence-electron chi connectivity index (χ2n) is 10.9. The lowest BCUT2D eigenvalue weighted by molar-refractivity contribution is -0.118. The quantitative estimate of drug-likeness (QED) is 0.109. The summed E-state index contributed by atoms with van der Waals surface area (Å²) >= 11 is 6.72. The van der Waals surface area contributed by atoms with Crippen molar-refractivity contribution in [1.82, 2.24) is 31.9 Å². The number of ether oxygens (including phenoxy) is 1. The van der Waals surface area contributed by atoms with E-state index < -0.39 is 7.14 Å². The Balaban J connectivity index is 1.67. The molecule has 37 heavy (non-hydrogen) atoms. The second-order valence-corrected chi connectivity index (χ2v) is 14.9. The second kappa shape index (κ2) is 14.4. The Bertz CT molecular complexity index is 876. The number of carbonyl (C=O) groups excluding carboxylic acids is 1. The van der Waals surface area contributed by atoms with Gasteiger partial charge in [-0.15, -0.1) is 11.6 Å². The summed E-state index contributed by atoms with van der Waals surface area (Å²) in [7, 11) is 1.36. The summed E-state index contributed by atoms with van der Waals surface area (Å²) in [6, 6.07) is 0.0427. The molecule has 11 heteroatoms. The highest BCUT2D eigenvalue weighted by Crippen LogP contribution is 2.49. The highest BCUT2D eigenvalue weighted by molar-refractivity contribution is 7.63. The molecule has 1 aliphatic heterocycles. The molecule has 9 nitrogen and oxygen atoms in total. The number of methoxy groups -OCH3 is 1. The van der Waals surface area contributed by atoms with Gasteiger partial charge < -0.3 is 19.9 Å².